The second-order valence-corrected chi connectivity index (χ2v) is 5.31. The number of aliphatic hydroxyl groups is 1. The van der Waals surface area contributed by atoms with Gasteiger partial charge in [-0.3, -0.25) is 9.69 Å². The maximum absolute atomic E-state index is 12.2. The van der Waals surface area contributed by atoms with Crippen LogP contribution in [0.1, 0.15) is 20.3 Å². The van der Waals surface area contributed by atoms with Gasteiger partial charge in [-0.1, -0.05) is 0 Å². The first-order valence-corrected chi connectivity index (χ1v) is 6.52. The molecule has 5 nitrogen and oxygen atoms in total. The Hall–Kier alpha value is -0.650. The van der Waals surface area contributed by atoms with Crippen LogP contribution in [0.25, 0.3) is 0 Å². The molecule has 0 radical (unpaired) electrons. The minimum atomic E-state index is -0.360. The molecule has 2 N–H and O–H groups in total. The third-order valence-corrected chi connectivity index (χ3v) is 3.76. The van der Waals surface area contributed by atoms with E-state index in [1.54, 1.807) is 0 Å². The van der Waals surface area contributed by atoms with Crippen molar-refractivity contribution in [2.24, 2.45) is 0 Å². The van der Waals surface area contributed by atoms with E-state index in [0.29, 0.717) is 19.0 Å². The van der Waals surface area contributed by atoms with Crippen LogP contribution in [0.2, 0.25) is 0 Å². The van der Waals surface area contributed by atoms with Crippen molar-refractivity contribution in [2.75, 3.05) is 32.7 Å². The van der Waals surface area contributed by atoms with Crippen LogP contribution in [0.15, 0.2) is 0 Å². The summed E-state index contributed by atoms with van der Waals surface area (Å²) < 4.78 is 0. The zero-order valence-corrected chi connectivity index (χ0v) is 10.7. The van der Waals surface area contributed by atoms with Crippen LogP contribution in [-0.4, -0.2) is 71.7 Å². The van der Waals surface area contributed by atoms with Gasteiger partial charge in [0.25, 0.3) is 0 Å². The number of hydrogen-bond acceptors (Lipinski definition) is 4. The predicted octanol–water partition coefficient (Wildman–Crippen LogP) is -0.738. The number of aliphatic hydroxyl groups excluding tert-OH is 1. The van der Waals surface area contributed by atoms with E-state index in [1.807, 2.05) is 4.90 Å². The summed E-state index contributed by atoms with van der Waals surface area (Å²) in [6, 6.07) is 0.384. The smallest absolute Gasteiger partial charge is 0.239 e. The van der Waals surface area contributed by atoms with Gasteiger partial charge in [-0.2, -0.15) is 0 Å². The van der Waals surface area contributed by atoms with Crippen molar-refractivity contribution < 1.29 is 9.90 Å². The van der Waals surface area contributed by atoms with Crippen LogP contribution in [0, 0.1) is 0 Å². The summed E-state index contributed by atoms with van der Waals surface area (Å²) in [6.45, 7) is 8.45. The van der Waals surface area contributed by atoms with Crippen molar-refractivity contribution in [1.29, 1.82) is 0 Å². The molecule has 2 aliphatic rings. The number of amides is 1. The summed E-state index contributed by atoms with van der Waals surface area (Å²) in [5.41, 5.74) is 0. The lowest BCUT2D eigenvalue weighted by atomic mass is 10.1. The molecule has 98 valence electrons. The SMILES string of the molecule is CC(C)N1CCN(C(=O)C2CC(O)CN2)CC1. The number of nitrogens with zero attached hydrogens (tertiary/aromatic N) is 2. The molecular weight excluding hydrogens is 218 g/mol. The summed E-state index contributed by atoms with van der Waals surface area (Å²) in [4.78, 5) is 16.5. The quantitative estimate of drug-likeness (QED) is 0.669. The second kappa shape index (κ2) is 5.33. The Balaban J connectivity index is 1.82. The molecule has 0 aromatic rings. The Bertz CT molecular complexity index is 275. The largest absolute Gasteiger partial charge is 0.392 e. The molecule has 0 saturated carbocycles. The predicted molar refractivity (Wildman–Crippen MR) is 65.7 cm³/mol. The van der Waals surface area contributed by atoms with Gasteiger partial charge in [0.15, 0.2) is 0 Å². The van der Waals surface area contributed by atoms with Crippen LogP contribution in [-0.2, 0) is 4.79 Å². The molecular formula is C12H23N3O2. The van der Waals surface area contributed by atoms with Gasteiger partial charge >= 0.3 is 0 Å². The third-order valence-electron chi connectivity index (χ3n) is 3.76. The highest BCUT2D eigenvalue weighted by atomic mass is 16.3. The highest BCUT2D eigenvalue weighted by Gasteiger charge is 2.32. The molecule has 2 heterocycles. The Morgan fingerprint density at radius 1 is 1.29 bits per heavy atom. The molecule has 1 amide bonds. The van der Waals surface area contributed by atoms with Gasteiger partial charge in [-0.05, 0) is 20.3 Å². The zero-order valence-electron chi connectivity index (χ0n) is 10.7. The Morgan fingerprint density at radius 2 is 1.94 bits per heavy atom. The molecule has 2 rings (SSSR count). The fraction of sp³-hybridized carbons (Fsp3) is 0.917. The van der Waals surface area contributed by atoms with Crippen molar-refractivity contribution in [3.8, 4) is 0 Å². The number of carbonyl (C=O) groups excluding carboxylic acids is 1. The van der Waals surface area contributed by atoms with Gasteiger partial charge in [0, 0.05) is 38.8 Å². The molecule has 0 aliphatic carbocycles. The van der Waals surface area contributed by atoms with Gasteiger partial charge < -0.3 is 15.3 Å². The molecule has 0 aromatic carbocycles. The van der Waals surface area contributed by atoms with Crippen molar-refractivity contribution >= 4 is 5.91 Å². The van der Waals surface area contributed by atoms with E-state index >= 15 is 0 Å². The molecule has 2 unspecified atom stereocenters. The molecule has 5 heteroatoms. The van der Waals surface area contributed by atoms with Gasteiger partial charge in [0.05, 0.1) is 12.1 Å². The van der Waals surface area contributed by atoms with Crippen molar-refractivity contribution in [1.82, 2.24) is 15.1 Å². The number of rotatable bonds is 2. The number of nitrogens with one attached hydrogen (secondary N) is 1. The van der Waals surface area contributed by atoms with Gasteiger partial charge in [-0.25, -0.2) is 0 Å². The van der Waals surface area contributed by atoms with Crippen molar-refractivity contribution in [3.63, 3.8) is 0 Å². The normalized spacial score (nSPS) is 31.2. The molecule has 0 bridgehead atoms. The lowest BCUT2D eigenvalue weighted by Crippen LogP contribution is -2.54. The monoisotopic (exact) mass is 241 g/mol. The number of carbonyl (C=O) groups is 1. The first-order valence-electron chi connectivity index (χ1n) is 6.52. The summed E-state index contributed by atoms with van der Waals surface area (Å²) in [5, 5.41) is 12.5. The topological polar surface area (TPSA) is 55.8 Å². The lowest BCUT2D eigenvalue weighted by Gasteiger charge is -2.37. The maximum Gasteiger partial charge on any atom is 0.239 e. The summed E-state index contributed by atoms with van der Waals surface area (Å²) in [6.07, 6.45) is 0.198. The fourth-order valence-corrected chi connectivity index (χ4v) is 2.58. The van der Waals surface area contributed by atoms with Crippen LogP contribution in [0.3, 0.4) is 0 Å². The molecule has 17 heavy (non-hydrogen) atoms. The van der Waals surface area contributed by atoms with E-state index in [-0.39, 0.29) is 18.1 Å². The van der Waals surface area contributed by atoms with Crippen molar-refractivity contribution in [2.45, 2.75) is 38.5 Å². The number of β-amino-alcohol motifs (C(OH)–C–C–N with tert-alkyl or cyclic N) is 1. The molecule has 0 aromatic heterocycles. The molecule has 0 spiro atoms. The minimum absolute atomic E-state index is 0.157. The molecule has 2 fully saturated rings. The molecule has 2 atom stereocenters. The van der Waals surface area contributed by atoms with E-state index in [4.69, 9.17) is 0 Å². The van der Waals surface area contributed by atoms with E-state index in [1.165, 1.54) is 0 Å². The average Bonchev–Trinajstić information content (AvgIpc) is 2.75. The van der Waals surface area contributed by atoms with E-state index in [2.05, 4.69) is 24.1 Å². The fourth-order valence-electron chi connectivity index (χ4n) is 2.58. The van der Waals surface area contributed by atoms with Crippen LogP contribution in [0.5, 0.6) is 0 Å². The maximum atomic E-state index is 12.2. The number of hydrogen-bond donors (Lipinski definition) is 2. The summed E-state index contributed by atoms with van der Waals surface area (Å²) >= 11 is 0. The standard InChI is InChI=1S/C12H23N3O2/c1-9(2)14-3-5-15(6-4-14)12(17)11-7-10(16)8-13-11/h9-11,13,16H,3-8H2,1-2H3. The minimum Gasteiger partial charge on any atom is -0.392 e. The highest BCUT2D eigenvalue weighted by molar-refractivity contribution is 5.82. The van der Waals surface area contributed by atoms with Crippen LogP contribution in [0.4, 0.5) is 0 Å². The molecule has 2 aliphatic heterocycles. The van der Waals surface area contributed by atoms with E-state index in [9.17, 15) is 9.90 Å². The third kappa shape index (κ3) is 2.97. The average molecular weight is 241 g/mol. The lowest BCUT2D eigenvalue weighted by molar-refractivity contribution is -0.135. The Kier molecular flexibility index (Phi) is 4.01. The van der Waals surface area contributed by atoms with Crippen molar-refractivity contribution in [3.05, 3.63) is 0 Å². The van der Waals surface area contributed by atoms with Gasteiger partial charge in [0.1, 0.15) is 0 Å². The van der Waals surface area contributed by atoms with Gasteiger partial charge in [0.2, 0.25) is 5.91 Å². The van der Waals surface area contributed by atoms with E-state index in [0.717, 1.165) is 26.2 Å². The number of piperazine rings is 1. The molecule has 2 saturated heterocycles. The van der Waals surface area contributed by atoms with Gasteiger partial charge in [-0.15, -0.1) is 0 Å². The first-order chi connectivity index (χ1) is 8.08. The summed E-state index contributed by atoms with van der Waals surface area (Å²) in [7, 11) is 0. The second-order valence-electron chi connectivity index (χ2n) is 5.31. The zero-order chi connectivity index (χ0) is 12.4. The van der Waals surface area contributed by atoms with Crippen LogP contribution >= 0.6 is 0 Å². The Morgan fingerprint density at radius 3 is 2.41 bits per heavy atom. The van der Waals surface area contributed by atoms with Crippen LogP contribution < -0.4 is 5.32 Å². The summed E-state index contributed by atoms with van der Waals surface area (Å²) in [5.74, 6) is 0.157. The first kappa shape index (κ1) is 12.8. The van der Waals surface area contributed by atoms with E-state index < -0.39 is 0 Å². The highest BCUT2D eigenvalue weighted by Crippen LogP contribution is 2.12. The Labute approximate surface area is 103 Å².